The van der Waals surface area contributed by atoms with Crippen LogP contribution in [0.3, 0.4) is 0 Å². The van der Waals surface area contributed by atoms with Gasteiger partial charge in [-0.1, -0.05) is 0 Å². The van der Waals surface area contributed by atoms with Crippen LogP contribution >= 0.6 is 0 Å². The van der Waals surface area contributed by atoms with Gasteiger partial charge >= 0.3 is 30.2 Å². The minimum absolute atomic E-state index is 0. The summed E-state index contributed by atoms with van der Waals surface area (Å²) < 4.78 is 0. The molecule has 2 heteroatoms. The molecule has 0 atom stereocenters. The van der Waals surface area contributed by atoms with Gasteiger partial charge in [-0.25, -0.2) is 24.3 Å². The molecule has 2 aliphatic rings. The summed E-state index contributed by atoms with van der Waals surface area (Å²) in [4.78, 5) is 0. The Morgan fingerprint density at radius 3 is 1.37 bits per heavy atom. The van der Waals surface area contributed by atoms with Gasteiger partial charge in [0.15, 0.2) is 0 Å². The number of hydrogen-bond donors (Lipinski definition) is 0. The van der Waals surface area contributed by atoms with Crippen molar-refractivity contribution in [3.8, 4) is 0 Å². The van der Waals surface area contributed by atoms with Crippen molar-refractivity contribution in [2.75, 3.05) is 0 Å². The maximum absolute atomic E-state index is 3.06. The normalized spacial score (nSPS) is 11.9. The summed E-state index contributed by atoms with van der Waals surface area (Å²) in [6.45, 7) is 3.06. The quantitative estimate of drug-likeness (QED) is 0.491. The molecule has 0 aliphatic heterocycles. The molecule has 0 saturated heterocycles. The van der Waals surface area contributed by atoms with Crippen LogP contribution in [0.25, 0.3) is 0 Å². The monoisotopic (exact) mass is 340 g/mol. The Morgan fingerprint density at radius 2 is 1.26 bits per heavy atom. The fourth-order valence-electron chi connectivity index (χ4n) is 1.02. The van der Waals surface area contributed by atoms with Crippen molar-refractivity contribution >= 4 is 6.88 Å². The molecule has 19 heavy (non-hydrogen) atoms. The van der Waals surface area contributed by atoms with E-state index in [1.807, 2.05) is 54.6 Å². The number of hydrogen-bond acceptors (Lipinski definition) is 0. The number of allylic oxidation sites excluding steroid dienone is 8. The Bertz CT molecular complexity index is 309. The van der Waals surface area contributed by atoms with E-state index in [1.54, 1.807) is 0 Å². The van der Waals surface area contributed by atoms with Gasteiger partial charge in [0, 0.05) is 0 Å². The van der Waals surface area contributed by atoms with E-state index in [0.717, 1.165) is 12.8 Å². The Kier molecular flexibility index (Phi) is 21.3. The van der Waals surface area contributed by atoms with Crippen molar-refractivity contribution in [1.29, 1.82) is 0 Å². The van der Waals surface area contributed by atoms with Gasteiger partial charge in [0.2, 0.25) is 0 Å². The molecule has 0 aromatic heterocycles. The first-order chi connectivity index (χ1) is 9.00. The molecule has 0 N–H and O–H groups in total. The standard InChI is InChI=1S/C6H5.2C5H5.CH3.Si.Zr/c1-2-4-6-5-3-1;2*1-2-4-5-3-1;;;/h1-5H;2*1-3H,4H2;1H3;;/q4*-1;;. The maximum atomic E-state index is 3.06. The second-order valence-corrected chi connectivity index (χ2v) is 3.08. The Hall–Kier alpha value is -0.720. The van der Waals surface area contributed by atoms with Gasteiger partial charge in [-0.3, -0.25) is 12.2 Å². The topological polar surface area (TPSA) is 0 Å². The van der Waals surface area contributed by atoms with E-state index < -0.39 is 0 Å². The SMILES string of the molecule is [C-]1=CC=CC1.[C-]1=CC=CC1.[CH3-].[Si]=[Zr].[c-]1ccccc1. The largest absolute Gasteiger partial charge is 0.184 e. The minimum Gasteiger partial charge on any atom is -0.184 e. The first-order valence-corrected chi connectivity index (χ1v) is 9.78. The van der Waals surface area contributed by atoms with E-state index in [9.17, 15) is 0 Å². The molecule has 3 rings (SSSR count). The molecular formula is C17H18SiZr-4. The predicted octanol–water partition coefficient (Wildman–Crippen LogP) is 4.17. The summed E-state index contributed by atoms with van der Waals surface area (Å²) in [6, 6.07) is 12.5. The Labute approximate surface area is 135 Å². The zero-order valence-electron chi connectivity index (χ0n) is 11.3. The van der Waals surface area contributed by atoms with Crippen molar-refractivity contribution in [2.24, 2.45) is 0 Å². The Balaban J connectivity index is 0. The van der Waals surface area contributed by atoms with Gasteiger partial charge in [-0.2, -0.15) is 48.6 Å². The molecule has 0 saturated carbocycles. The molecule has 0 spiro atoms. The van der Waals surface area contributed by atoms with E-state index in [1.165, 1.54) is 23.3 Å². The molecule has 1 aromatic carbocycles. The second kappa shape index (κ2) is 19.6. The smallest absolute Gasteiger partial charge is 0.171 e. The molecule has 98 valence electrons. The molecule has 1 aromatic rings. The average molecular weight is 342 g/mol. The first-order valence-electron chi connectivity index (χ1n) is 5.59. The summed E-state index contributed by atoms with van der Waals surface area (Å²) in [5.74, 6) is 0. The van der Waals surface area contributed by atoms with Crippen molar-refractivity contribution in [1.82, 2.24) is 0 Å². The molecule has 0 unspecified atom stereocenters. The van der Waals surface area contributed by atoms with Crippen molar-refractivity contribution in [2.45, 2.75) is 12.8 Å². The third-order valence-electron chi connectivity index (χ3n) is 1.78. The van der Waals surface area contributed by atoms with Crippen LogP contribution in [0.4, 0.5) is 0 Å². The van der Waals surface area contributed by atoms with Crippen LogP contribution in [0, 0.1) is 25.6 Å². The zero-order chi connectivity index (χ0) is 13.3. The number of rotatable bonds is 0. The maximum Gasteiger partial charge on any atom is -0.171 e. The van der Waals surface area contributed by atoms with Crippen LogP contribution in [-0.2, 0) is 23.3 Å². The molecule has 0 amide bonds. The zero-order valence-corrected chi connectivity index (χ0v) is 14.7. The van der Waals surface area contributed by atoms with Gasteiger partial charge in [-0.15, -0.1) is 12.8 Å². The van der Waals surface area contributed by atoms with Crippen LogP contribution in [-0.4, -0.2) is 6.88 Å². The molecule has 2 aliphatic carbocycles. The summed E-state index contributed by atoms with van der Waals surface area (Å²) in [6.07, 6.45) is 20.0. The van der Waals surface area contributed by atoms with E-state index >= 15 is 0 Å². The fraction of sp³-hybridized carbons (Fsp3) is 0.118. The molecular weight excluding hydrogens is 323 g/mol. The molecule has 0 heterocycles. The van der Waals surface area contributed by atoms with E-state index in [4.69, 9.17) is 0 Å². The second-order valence-electron chi connectivity index (χ2n) is 3.08. The summed E-state index contributed by atoms with van der Waals surface area (Å²) in [5.41, 5.74) is 0. The van der Waals surface area contributed by atoms with E-state index in [-0.39, 0.29) is 7.43 Å². The van der Waals surface area contributed by atoms with Gasteiger partial charge < -0.3 is 7.43 Å². The van der Waals surface area contributed by atoms with Crippen LogP contribution in [0.1, 0.15) is 12.8 Å². The van der Waals surface area contributed by atoms with Gasteiger partial charge in [0.25, 0.3) is 0 Å². The summed E-state index contributed by atoms with van der Waals surface area (Å²) >= 11 is 1.36. The van der Waals surface area contributed by atoms with Crippen LogP contribution in [0.2, 0.25) is 0 Å². The number of benzene rings is 1. The van der Waals surface area contributed by atoms with Crippen molar-refractivity contribution < 1.29 is 23.3 Å². The first kappa shape index (κ1) is 20.6. The summed E-state index contributed by atoms with van der Waals surface area (Å²) in [7, 11) is 0. The van der Waals surface area contributed by atoms with Gasteiger partial charge in [0.1, 0.15) is 0 Å². The molecule has 0 fully saturated rings. The van der Waals surface area contributed by atoms with E-state index in [2.05, 4.69) is 37.2 Å². The molecule has 0 bridgehead atoms. The summed E-state index contributed by atoms with van der Waals surface area (Å²) in [5, 5.41) is 0. The van der Waals surface area contributed by atoms with Crippen LogP contribution in [0.15, 0.2) is 66.8 Å². The fourth-order valence-corrected chi connectivity index (χ4v) is 1.02. The van der Waals surface area contributed by atoms with Gasteiger partial charge in [0.05, 0.1) is 0 Å². The third kappa shape index (κ3) is 17.3. The van der Waals surface area contributed by atoms with Crippen LogP contribution < -0.4 is 0 Å². The van der Waals surface area contributed by atoms with E-state index in [0.29, 0.717) is 0 Å². The average Bonchev–Trinajstić information content (AvgIpc) is 3.21. The van der Waals surface area contributed by atoms with Crippen LogP contribution in [0.5, 0.6) is 0 Å². The van der Waals surface area contributed by atoms with Gasteiger partial charge in [-0.05, 0) is 0 Å². The Morgan fingerprint density at radius 1 is 0.789 bits per heavy atom. The third-order valence-corrected chi connectivity index (χ3v) is 1.78. The van der Waals surface area contributed by atoms with Crippen molar-refractivity contribution in [3.05, 3.63) is 92.4 Å². The predicted molar refractivity (Wildman–Crippen MR) is 80.6 cm³/mol. The molecule has 0 nitrogen and oxygen atoms in total. The molecule has 2 radical (unpaired) electrons. The van der Waals surface area contributed by atoms with Crippen molar-refractivity contribution in [3.63, 3.8) is 0 Å². The minimum atomic E-state index is 0.